The zero-order valence-corrected chi connectivity index (χ0v) is 18.2. The first kappa shape index (κ1) is 22.8. The Kier molecular flexibility index (Phi) is 6.88. The van der Waals surface area contributed by atoms with Gasteiger partial charge in [0.2, 0.25) is 0 Å². The number of hydrogen-bond donors (Lipinski definition) is 0. The molecule has 2 aromatic rings. The Hall–Kier alpha value is -2.36. The lowest BCUT2D eigenvalue weighted by atomic mass is 10.1. The lowest BCUT2D eigenvalue weighted by Gasteiger charge is -2.36. The summed E-state index contributed by atoms with van der Waals surface area (Å²) in [6, 6.07) is 8.54. The molecule has 0 unspecified atom stereocenters. The highest BCUT2D eigenvalue weighted by atomic mass is 35.5. The second kappa shape index (κ2) is 9.64. The number of amides is 1. The van der Waals surface area contributed by atoms with Crippen LogP contribution in [0.25, 0.3) is 0 Å². The molecule has 2 aliphatic rings. The summed E-state index contributed by atoms with van der Waals surface area (Å²) in [4.78, 5) is 22.8. The van der Waals surface area contributed by atoms with Crippen LogP contribution in [-0.4, -0.2) is 73.2 Å². The maximum absolute atomic E-state index is 13.0. The lowest BCUT2D eigenvalue weighted by Crippen LogP contribution is -2.49. The van der Waals surface area contributed by atoms with Gasteiger partial charge in [0.05, 0.1) is 23.8 Å². The van der Waals surface area contributed by atoms with E-state index in [9.17, 15) is 18.0 Å². The molecule has 1 amide bonds. The monoisotopic (exact) mass is 468 g/mol. The van der Waals surface area contributed by atoms with Gasteiger partial charge in [-0.3, -0.25) is 9.69 Å². The fourth-order valence-corrected chi connectivity index (χ4v) is 4.23. The second-order valence-corrected chi connectivity index (χ2v) is 8.30. The summed E-state index contributed by atoms with van der Waals surface area (Å²) < 4.78 is 43.9. The van der Waals surface area contributed by atoms with E-state index in [4.69, 9.17) is 16.3 Å². The number of hydrogen-bond acceptors (Lipinski definition) is 5. The van der Waals surface area contributed by atoms with Gasteiger partial charge >= 0.3 is 6.18 Å². The summed E-state index contributed by atoms with van der Waals surface area (Å²) in [5.74, 6) is 0.249. The van der Waals surface area contributed by atoms with Crippen LogP contribution < -0.4 is 4.90 Å². The number of anilines is 1. The molecule has 0 bridgehead atoms. The number of morpholine rings is 1. The van der Waals surface area contributed by atoms with Crippen molar-refractivity contribution in [1.82, 2.24) is 14.8 Å². The number of carbonyl (C=O) groups excluding carboxylic acids is 1. The van der Waals surface area contributed by atoms with Crippen molar-refractivity contribution < 1.29 is 22.7 Å². The number of benzene rings is 1. The highest BCUT2D eigenvalue weighted by Crippen LogP contribution is 2.33. The number of pyridine rings is 1. The summed E-state index contributed by atoms with van der Waals surface area (Å²) in [5, 5.41) is -0.0459. The topological polar surface area (TPSA) is 48.9 Å². The Labute approximate surface area is 189 Å². The molecule has 10 heteroatoms. The van der Waals surface area contributed by atoms with E-state index < -0.39 is 11.7 Å². The van der Waals surface area contributed by atoms with Crippen LogP contribution in [0.5, 0.6) is 0 Å². The molecule has 2 aliphatic heterocycles. The van der Waals surface area contributed by atoms with Crippen LogP contribution in [0, 0.1) is 0 Å². The minimum atomic E-state index is -4.49. The summed E-state index contributed by atoms with van der Waals surface area (Å²) in [6.07, 6.45) is -3.70. The van der Waals surface area contributed by atoms with E-state index in [-0.39, 0.29) is 10.9 Å². The lowest BCUT2D eigenvalue weighted by molar-refractivity contribution is -0.137. The number of carbonyl (C=O) groups is 1. The Morgan fingerprint density at radius 1 is 1.06 bits per heavy atom. The third kappa shape index (κ3) is 5.33. The second-order valence-electron chi connectivity index (χ2n) is 7.90. The summed E-state index contributed by atoms with van der Waals surface area (Å²) in [7, 11) is 0. The van der Waals surface area contributed by atoms with Gasteiger partial charge in [-0.2, -0.15) is 13.2 Å². The van der Waals surface area contributed by atoms with E-state index in [0.29, 0.717) is 37.6 Å². The molecule has 172 valence electrons. The molecule has 0 radical (unpaired) electrons. The summed E-state index contributed by atoms with van der Waals surface area (Å²) in [6.45, 7) is 5.73. The first-order valence-electron chi connectivity index (χ1n) is 10.5. The fraction of sp³-hybridized carbons (Fsp3) is 0.455. The number of aromatic nitrogens is 1. The van der Waals surface area contributed by atoms with Gasteiger partial charge in [-0.15, -0.1) is 0 Å². The smallest absolute Gasteiger partial charge is 0.379 e. The van der Waals surface area contributed by atoms with Crippen LogP contribution in [0.4, 0.5) is 19.0 Å². The SMILES string of the molecule is O=C(c1cccc(CN2CCOCC2)c1)N1CCN(c2ncc(C(F)(F)F)cc2Cl)CC1. The Morgan fingerprint density at radius 3 is 2.44 bits per heavy atom. The number of alkyl halides is 3. The standard InChI is InChI=1S/C22H24ClF3N4O2/c23-19-13-18(22(24,25)26)14-27-20(19)29-4-6-30(7-5-29)21(31)17-3-1-2-16(12-17)15-28-8-10-32-11-9-28/h1-3,12-14H,4-11,15H2. The highest BCUT2D eigenvalue weighted by Gasteiger charge is 2.32. The van der Waals surface area contributed by atoms with Gasteiger partial charge in [-0.25, -0.2) is 4.98 Å². The van der Waals surface area contributed by atoms with Gasteiger partial charge in [-0.1, -0.05) is 23.7 Å². The van der Waals surface area contributed by atoms with E-state index in [0.717, 1.165) is 50.7 Å². The average molecular weight is 469 g/mol. The van der Waals surface area contributed by atoms with E-state index in [1.165, 1.54) is 0 Å². The quantitative estimate of drug-likeness (QED) is 0.687. The van der Waals surface area contributed by atoms with Crippen LogP contribution >= 0.6 is 11.6 Å². The Morgan fingerprint density at radius 2 is 1.78 bits per heavy atom. The largest absolute Gasteiger partial charge is 0.417 e. The molecule has 0 saturated carbocycles. The molecule has 0 aliphatic carbocycles. The molecule has 1 aromatic carbocycles. The summed E-state index contributed by atoms with van der Waals surface area (Å²) >= 11 is 6.06. The molecular formula is C22H24ClF3N4O2. The molecule has 2 fully saturated rings. The third-order valence-electron chi connectivity index (χ3n) is 5.70. The van der Waals surface area contributed by atoms with Gasteiger partial charge in [0.15, 0.2) is 0 Å². The normalized spacial score (nSPS) is 18.1. The first-order valence-corrected chi connectivity index (χ1v) is 10.8. The minimum absolute atomic E-state index is 0.0459. The molecule has 0 spiro atoms. The Bertz CT molecular complexity index is 958. The van der Waals surface area contributed by atoms with Crippen molar-refractivity contribution in [3.05, 3.63) is 58.2 Å². The maximum Gasteiger partial charge on any atom is 0.417 e. The van der Waals surface area contributed by atoms with E-state index in [2.05, 4.69) is 9.88 Å². The number of piperazine rings is 1. The van der Waals surface area contributed by atoms with Crippen molar-refractivity contribution >= 4 is 23.3 Å². The van der Waals surface area contributed by atoms with Crippen molar-refractivity contribution in [1.29, 1.82) is 0 Å². The number of ether oxygens (including phenoxy) is 1. The van der Waals surface area contributed by atoms with Crippen molar-refractivity contribution in [3.63, 3.8) is 0 Å². The molecule has 3 heterocycles. The van der Waals surface area contributed by atoms with Crippen molar-refractivity contribution in [2.75, 3.05) is 57.4 Å². The molecule has 1 aromatic heterocycles. The predicted octanol–water partition coefficient (Wildman–Crippen LogP) is 3.55. The molecule has 6 nitrogen and oxygen atoms in total. The first-order chi connectivity index (χ1) is 15.3. The van der Waals surface area contributed by atoms with Crippen LogP contribution in [0.3, 0.4) is 0 Å². The molecular weight excluding hydrogens is 445 g/mol. The van der Waals surface area contributed by atoms with Crippen molar-refractivity contribution in [2.24, 2.45) is 0 Å². The third-order valence-corrected chi connectivity index (χ3v) is 5.98. The van der Waals surface area contributed by atoms with E-state index in [1.54, 1.807) is 9.80 Å². The molecule has 2 saturated heterocycles. The number of halogens is 4. The molecule has 4 rings (SSSR count). The fourth-order valence-electron chi connectivity index (χ4n) is 3.94. The zero-order valence-electron chi connectivity index (χ0n) is 17.4. The average Bonchev–Trinajstić information content (AvgIpc) is 2.79. The zero-order chi connectivity index (χ0) is 22.7. The van der Waals surface area contributed by atoms with E-state index >= 15 is 0 Å². The van der Waals surface area contributed by atoms with Gasteiger partial charge in [0.25, 0.3) is 5.91 Å². The van der Waals surface area contributed by atoms with Crippen molar-refractivity contribution in [3.8, 4) is 0 Å². The Balaban J connectivity index is 1.37. The minimum Gasteiger partial charge on any atom is -0.379 e. The molecule has 0 atom stereocenters. The summed E-state index contributed by atoms with van der Waals surface area (Å²) in [5.41, 5.74) is 0.837. The van der Waals surface area contributed by atoms with E-state index in [1.807, 2.05) is 24.3 Å². The van der Waals surface area contributed by atoms with Gasteiger partial charge in [0, 0.05) is 57.6 Å². The van der Waals surface area contributed by atoms with Gasteiger partial charge < -0.3 is 14.5 Å². The van der Waals surface area contributed by atoms with Gasteiger partial charge in [0.1, 0.15) is 5.82 Å². The maximum atomic E-state index is 13.0. The predicted molar refractivity (Wildman–Crippen MR) is 115 cm³/mol. The number of rotatable bonds is 4. The molecule has 0 N–H and O–H groups in total. The van der Waals surface area contributed by atoms with Crippen LogP contribution in [-0.2, 0) is 17.5 Å². The van der Waals surface area contributed by atoms with Gasteiger partial charge in [-0.05, 0) is 23.8 Å². The van der Waals surface area contributed by atoms with Crippen LogP contribution in [0.15, 0.2) is 36.5 Å². The van der Waals surface area contributed by atoms with Crippen molar-refractivity contribution in [2.45, 2.75) is 12.7 Å². The van der Waals surface area contributed by atoms with Crippen LogP contribution in [0.1, 0.15) is 21.5 Å². The molecule has 32 heavy (non-hydrogen) atoms. The highest BCUT2D eigenvalue weighted by molar-refractivity contribution is 6.33. The van der Waals surface area contributed by atoms with Crippen LogP contribution in [0.2, 0.25) is 5.02 Å². The number of nitrogens with zero attached hydrogens (tertiary/aromatic N) is 4.